The van der Waals surface area contributed by atoms with Crippen LogP contribution in [-0.2, 0) is 0 Å². The number of benzene rings is 1. The summed E-state index contributed by atoms with van der Waals surface area (Å²) in [5.41, 5.74) is 0.982. The zero-order valence-corrected chi connectivity index (χ0v) is 12.2. The van der Waals surface area contributed by atoms with E-state index in [1.807, 2.05) is 37.3 Å². The summed E-state index contributed by atoms with van der Waals surface area (Å²) in [6, 6.07) is 9.80. The molecule has 0 aliphatic heterocycles. The molecular formula is C14H15BrN4. The third-order valence-corrected chi connectivity index (χ3v) is 2.91. The van der Waals surface area contributed by atoms with Gasteiger partial charge < -0.3 is 10.6 Å². The Hall–Kier alpha value is -1.88. The van der Waals surface area contributed by atoms with Crippen molar-refractivity contribution in [2.75, 3.05) is 17.2 Å². The van der Waals surface area contributed by atoms with Crippen LogP contribution in [0.1, 0.15) is 5.82 Å². The molecule has 2 N–H and O–H groups in total. The third kappa shape index (κ3) is 4.06. The highest BCUT2D eigenvalue weighted by molar-refractivity contribution is 9.10. The molecule has 1 aromatic heterocycles. The number of nitrogens with zero attached hydrogens (tertiary/aromatic N) is 2. The van der Waals surface area contributed by atoms with Gasteiger partial charge in [-0.05, 0) is 31.2 Å². The average Bonchev–Trinajstić information content (AvgIpc) is 2.38. The molecule has 0 atom stereocenters. The van der Waals surface area contributed by atoms with Crippen LogP contribution < -0.4 is 10.6 Å². The lowest BCUT2D eigenvalue weighted by molar-refractivity contribution is 1.05. The van der Waals surface area contributed by atoms with Gasteiger partial charge in [0.05, 0.1) is 0 Å². The van der Waals surface area contributed by atoms with Crippen LogP contribution in [0.25, 0.3) is 0 Å². The lowest BCUT2D eigenvalue weighted by Gasteiger charge is -2.09. The molecule has 0 saturated heterocycles. The van der Waals surface area contributed by atoms with E-state index in [1.54, 1.807) is 6.08 Å². The predicted octanol–water partition coefficient (Wildman–Crippen LogP) is 3.89. The first-order chi connectivity index (χ1) is 9.17. The van der Waals surface area contributed by atoms with Crippen LogP contribution in [0.4, 0.5) is 17.3 Å². The maximum Gasteiger partial charge on any atom is 0.136 e. The van der Waals surface area contributed by atoms with Crippen LogP contribution in [0.15, 0.2) is 47.5 Å². The van der Waals surface area contributed by atoms with E-state index in [4.69, 9.17) is 0 Å². The van der Waals surface area contributed by atoms with Gasteiger partial charge in [0.25, 0.3) is 0 Å². The van der Waals surface area contributed by atoms with Gasteiger partial charge in [0.1, 0.15) is 17.5 Å². The highest BCUT2D eigenvalue weighted by Gasteiger charge is 2.01. The maximum absolute atomic E-state index is 4.36. The van der Waals surface area contributed by atoms with Crippen molar-refractivity contribution in [1.82, 2.24) is 9.97 Å². The van der Waals surface area contributed by atoms with Crippen LogP contribution in [0.3, 0.4) is 0 Å². The van der Waals surface area contributed by atoms with Crippen LogP contribution in [0, 0.1) is 6.92 Å². The summed E-state index contributed by atoms with van der Waals surface area (Å²) < 4.78 is 1.05. The van der Waals surface area contributed by atoms with Gasteiger partial charge in [-0.15, -0.1) is 6.58 Å². The fourth-order valence-electron chi connectivity index (χ4n) is 1.58. The van der Waals surface area contributed by atoms with Gasteiger partial charge in [-0.3, -0.25) is 0 Å². The van der Waals surface area contributed by atoms with E-state index in [1.165, 1.54) is 0 Å². The highest BCUT2D eigenvalue weighted by Crippen LogP contribution is 2.19. The van der Waals surface area contributed by atoms with E-state index in [-0.39, 0.29) is 0 Å². The summed E-state index contributed by atoms with van der Waals surface area (Å²) in [6.45, 7) is 6.21. The molecule has 98 valence electrons. The molecule has 0 radical (unpaired) electrons. The molecule has 0 unspecified atom stereocenters. The van der Waals surface area contributed by atoms with E-state index in [9.17, 15) is 0 Å². The Morgan fingerprint density at radius 3 is 2.58 bits per heavy atom. The standard InChI is InChI=1S/C14H15BrN4/c1-3-8-16-13-9-14(18-10(2)17-13)19-12-6-4-11(15)5-7-12/h3-7,9H,1,8H2,2H3,(H2,16,17,18,19). The summed E-state index contributed by atoms with van der Waals surface area (Å²) in [6.07, 6.45) is 1.79. The second-order valence-corrected chi connectivity index (χ2v) is 4.90. The van der Waals surface area contributed by atoms with Crippen LogP contribution in [0.2, 0.25) is 0 Å². The number of anilines is 3. The lowest BCUT2D eigenvalue weighted by Crippen LogP contribution is -2.04. The summed E-state index contributed by atoms with van der Waals surface area (Å²) in [4.78, 5) is 8.67. The van der Waals surface area contributed by atoms with Crippen LogP contribution in [-0.4, -0.2) is 16.5 Å². The third-order valence-electron chi connectivity index (χ3n) is 2.38. The Bertz CT molecular complexity index is 566. The van der Waals surface area contributed by atoms with Gasteiger partial charge >= 0.3 is 0 Å². The van der Waals surface area contributed by atoms with Gasteiger partial charge in [0, 0.05) is 22.8 Å². The Labute approximate surface area is 121 Å². The fraction of sp³-hybridized carbons (Fsp3) is 0.143. The van der Waals surface area contributed by atoms with E-state index in [0.29, 0.717) is 12.4 Å². The van der Waals surface area contributed by atoms with Crippen molar-refractivity contribution in [1.29, 1.82) is 0 Å². The molecule has 19 heavy (non-hydrogen) atoms. The smallest absolute Gasteiger partial charge is 0.136 e. The monoisotopic (exact) mass is 318 g/mol. The molecule has 0 amide bonds. The summed E-state index contributed by atoms with van der Waals surface area (Å²) >= 11 is 3.41. The number of nitrogens with one attached hydrogen (secondary N) is 2. The normalized spacial score (nSPS) is 10.0. The molecule has 2 rings (SSSR count). The molecule has 5 heteroatoms. The molecular weight excluding hydrogens is 304 g/mol. The predicted molar refractivity (Wildman–Crippen MR) is 82.9 cm³/mol. The first-order valence-electron chi connectivity index (χ1n) is 5.90. The second kappa shape index (κ2) is 6.33. The van der Waals surface area contributed by atoms with Gasteiger partial charge in [-0.25, -0.2) is 9.97 Å². The van der Waals surface area contributed by atoms with Gasteiger partial charge in [-0.2, -0.15) is 0 Å². The first-order valence-corrected chi connectivity index (χ1v) is 6.70. The SMILES string of the molecule is C=CCNc1cc(Nc2ccc(Br)cc2)nc(C)n1. The summed E-state index contributed by atoms with van der Waals surface area (Å²) in [5, 5.41) is 6.40. The number of aromatic nitrogens is 2. The molecule has 0 saturated carbocycles. The second-order valence-electron chi connectivity index (χ2n) is 3.99. The minimum atomic E-state index is 0.675. The summed E-state index contributed by atoms with van der Waals surface area (Å²) in [5.74, 6) is 2.27. The van der Waals surface area contributed by atoms with Crippen LogP contribution in [0.5, 0.6) is 0 Å². The number of rotatable bonds is 5. The number of hydrogen-bond donors (Lipinski definition) is 2. The Kier molecular flexibility index (Phi) is 4.52. The van der Waals surface area contributed by atoms with Crippen molar-refractivity contribution in [3.63, 3.8) is 0 Å². The van der Waals surface area contributed by atoms with Crippen molar-refractivity contribution in [3.05, 3.63) is 53.3 Å². The molecule has 1 aromatic carbocycles. The minimum absolute atomic E-state index is 0.675. The highest BCUT2D eigenvalue weighted by atomic mass is 79.9. The zero-order valence-electron chi connectivity index (χ0n) is 10.7. The van der Waals surface area contributed by atoms with Gasteiger partial charge in [-0.1, -0.05) is 22.0 Å². The van der Waals surface area contributed by atoms with E-state index >= 15 is 0 Å². The number of aryl methyl sites for hydroxylation is 1. The van der Waals surface area contributed by atoms with E-state index < -0.39 is 0 Å². The minimum Gasteiger partial charge on any atom is -0.366 e. The maximum atomic E-state index is 4.36. The molecule has 0 fully saturated rings. The molecule has 0 spiro atoms. The average molecular weight is 319 g/mol. The van der Waals surface area contributed by atoms with Crippen molar-refractivity contribution in [2.45, 2.75) is 6.92 Å². The van der Waals surface area contributed by atoms with Crippen molar-refractivity contribution >= 4 is 33.3 Å². The Balaban J connectivity index is 2.17. The van der Waals surface area contributed by atoms with Crippen molar-refractivity contribution < 1.29 is 0 Å². The Morgan fingerprint density at radius 1 is 1.21 bits per heavy atom. The topological polar surface area (TPSA) is 49.8 Å². The van der Waals surface area contributed by atoms with Crippen molar-refractivity contribution in [3.8, 4) is 0 Å². The fourth-order valence-corrected chi connectivity index (χ4v) is 1.84. The van der Waals surface area contributed by atoms with E-state index in [0.717, 1.165) is 21.8 Å². The molecule has 0 aliphatic rings. The number of hydrogen-bond acceptors (Lipinski definition) is 4. The molecule has 1 heterocycles. The summed E-state index contributed by atoms with van der Waals surface area (Å²) in [7, 11) is 0. The number of halogens is 1. The largest absolute Gasteiger partial charge is 0.366 e. The zero-order chi connectivity index (χ0) is 13.7. The van der Waals surface area contributed by atoms with Crippen LogP contribution >= 0.6 is 15.9 Å². The quantitative estimate of drug-likeness (QED) is 0.821. The molecule has 0 bridgehead atoms. The molecule has 2 aromatic rings. The first kappa shape index (κ1) is 13.5. The van der Waals surface area contributed by atoms with Gasteiger partial charge in [0.2, 0.25) is 0 Å². The van der Waals surface area contributed by atoms with Gasteiger partial charge in [0.15, 0.2) is 0 Å². The Morgan fingerprint density at radius 2 is 1.89 bits per heavy atom. The molecule has 4 nitrogen and oxygen atoms in total. The molecule has 0 aliphatic carbocycles. The van der Waals surface area contributed by atoms with Crippen molar-refractivity contribution in [2.24, 2.45) is 0 Å². The lowest BCUT2D eigenvalue weighted by atomic mass is 10.3. The van der Waals surface area contributed by atoms with E-state index in [2.05, 4.69) is 43.1 Å².